The minimum Gasteiger partial charge on any atom is -0.493 e. The molecule has 2 rings (SSSR count). The van der Waals surface area contributed by atoms with Crippen molar-refractivity contribution in [3.05, 3.63) is 53.6 Å². The van der Waals surface area contributed by atoms with Gasteiger partial charge in [-0.3, -0.25) is 0 Å². The lowest BCUT2D eigenvalue weighted by molar-refractivity contribution is 0.246. The summed E-state index contributed by atoms with van der Waals surface area (Å²) < 4.78 is 10.9. The number of nitrogens with one attached hydrogen (secondary N) is 2. The Bertz CT molecular complexity index is 686. The molecule has 0 heterocycles. The molecule has 5 nitrogen and oxygen atoms in total. The summed E-state index contributed by atoms with van der Waals surface area (Å²) in [7, 11) is 1.61. The number of urea groups is 1. The third-order valence-corrected chi connectivity index (χ3v) is 3.61. The Morgan fingerprint density at radius 3 is 2.67 bits per heavy atom. The molecule has 5 heteroatoms. The molecule has 128 valence electrons. The van der Waals surface area contributed by atoms with Crippen LogP contribution in [-0.4, -0.2) is 26.3 Å². The molecule has 0 spiro atoms. The van der Waals surface area contributed by atoms with Crippen molar-refractivity contribution in [2.75, 3.05) is 25.6 Å². The largest absolute Gasteiger partial charge is 0.493 e. The van der Waals surface area contributed by atoms with E-state index in [2.05, 4.69) is 17.6 Å². The molecule has 2 aromatic rings. The lowest BCUT2D eigenvalue weighted by Crippen LogP contribution is -2.32. The summed E-state index contributed by atoms with van der Waals surface area (Å²) in [5.41, 5.74) is 3.04. The maximum Gasteiger partial charge on any atom is 0.319 e. The topological polar surface area (TPSA) is 59.6 Å². The lowest BCUT2D eigenvalue weighted by atomic mass is 10.1. The highest BCUT2D eigenvalue weighted by atomic mass is 16.5. The molecule has 24 heavy (non-hydrogen) atoms. The van der Waals surface area contributed by atoms with Gasteiger partial charge in [0.05, 0.1) is 13.7 Å². The van der Waals surface area contributed by atoms with Crippen molar-refractivity contribution in [2.24, 2.45) is 0 Å². The second kappa shape index (κ2) is 8.82. The van der Waals surface area contributed by atoms with Gasteiger partial charge in [0.25, 0.3) is 0 Å². The lowest BCUT2D eigenvalue weighted by Gasteiger charge is -2.13. The van der Waals surface area contributed by atoms with Crippen molar-refractivity contribution in [3.8, 4) is 11.5 Å². The number of carbonyl (C=O) groups excluding carboxylic acids is 1. The fourth-order valence-corrected chi connectivity index (χ4v) is 2.34. The first-order valence-electron chi connectivity index (χ1n) is 8.04. The van der Waals surface area contributed by atoms with Crippen LogP contribution in [0.4, 0.5) is 10.5 Å². The van der Waals surface area contributed by atoms with Gasteiger partial charge in [-0.1, -0.05) is 31.2 Å². The van der Waals surface area contributed by atoms with Crippen LogP contribution in [0.5, 0.6) is 11.5 Å². The Kier molecular flexibility index (Phi) is 6.49. The fraction of sp³-hybridized carbons (Fsp3) is 0.316. The molecule has 0 saturated heterocycles. The quantitative estimate of drug-likeness (QED) is 0.761. The molecular weight excluding hydrogens is 304 g/mol. The Morgan fingerprint density at radius 2 is 1.92 bits per heavy atom. The van der Waals surface area contributed by atoms with Crippen molar-refractivity contribution >= 4 is 11.7 Å². The SMILES string of the molecule is CCc1ccccc1NC(=O)NCCOc1ccc(C)cc1OC. The van der Waals surface area contributed by atoms with Gasteiger partial charge in [-0.25, -0.2) is 4.79 Å². The van der Waals surface area contributed by atoms with E-state index in [4.69, 9.17) is 9.47 Å². The predicted molar refractivity (Wildman–Crippen MR) is 96.1 cm³/mol. The van der Waals surface area contributed by atoms with E-state index < -0.39 is 0 Å². The number of amides is 2. The van der Waals surface area contributed by atoms with Crippen LogP contribution in [0.1, 0.15) is 18.1 Å². The summed E-state index contributed by atoms with van der Waals surface area (Å²) in [6.07, 6.45) is 0.868. The molecule has 2 amide bonds. The number of rotatable bonds is 7. The van der Waals surface area contributed by atoms with Gasteiger partial charge in [-0.05, 0) is 42.7 Å². The number of benzene rings is 2. The maximum atomic E-state index is 12.0. The first-order valence-corrected chi connectivity index (χ1v) is 8.04. The van der Waals surface area contributed by atoms with E-state index in [-0.39, 0.29) is 6.03 Å². The summed E-state index contributed by atoms with van der Waals surface area (Å²) in [5.74, 6) is 1.36. The van der Waals surface area contributed by atoms with Crippen LogP contribution in [0.25, 0.3) is 0 Å². The van der Waals surface area contributed by atoms with Gasteiger partial charge in [0.15, 0.2) is 11.5 Å². The molecule has 0 atom stereocenters. The molecule has 0 saturated carbocycles. The van der Waals surface area contributed by atoms with Crippen LogP contribution in [0, 0.1) is 6.92 Å². The number of para-hydroxylation sites is 1. The highest BCUT2D eigenvalue weighted by Crippen LogP contribution is 2.27. The summed E-state index contributed by atoms with van der Waals surface area (Å²) in [6.45, 7) is 4.81. The van der Waals surface area contributed by atoms with Crippen LogP contribution < -0.4 is 20.1 Å². The molecule has 0 aromatic heterocycles. The molecule has 0 fully saturated rings. The standard InChI is InChI=1S/C19H24N2O3/c1-4-15-7-5-6-8-16(15)21-19(22)20-11-12-24-17-10-9-14(2)13-18(17)23-3/h5-10,13H,4,11-12H2,1-3H3,(H2,20,21,22). The highest BCUT2D eigenvalue weighted by molar-refractivity contribution is 5.90. The maximum absolute atomic E-state index is 12.0. The van der Waals surface area contributed by atoms with E-state index in [9.17, 15) is 4.79 Å². The monoisotopic (exact) mass is 328 g/mol. The Labute approximate surface area is 143 Å². The van der Waals surface area contributed by atoms with Crippen molar-refractivity contribution in [1.82, 2.24) is 5.32 Å². The van der Waals surface area contributed by atoms with Crippen molar-refractivity contribution in [1.29, 1.82) is 0 Å². The van der Waals surface area contributed by atoms with E-state index >= 15 is 0 Å². The normalized spacial score (nSPS) is 10.1. The van der Waals surface area contributed by atoms with Crippen molar-refractivity contribution in [2.45, 2.75) is 20.3 Å². The average Bonchev–Trinajstić information content (AvgIpc) is 2.60. The van der Waals surface area contributed by atoms with Crippen LogP contribution >= 0.6 is 0 Å². The Balaban J connectivity index is 1.79. The van der Waals surface area contributed by atoms with Gasteiger partial charge in [-0.2, -0.15) is 0 Å². The molecule has 0 radical (unpaired) electrons. The second-order valence-corrected chi connectivity index (χ2v) is 5.39. The Morgan fingerprint density at radius 1 is 1.12 bits per heavy atom. The summed E-state index contributed by atoms with van der Waals surface area (Å²) in [5, 5.41) is 5.65. The smallest absolute Gasteiger partial charge is 0.319 e. The number of aryl methyl sites for hydroxylation is 2. The van der Waals surface area contributed by atoms with E-state index in [0.29, 0.717) is 24.7 Å². The molecular formula is C19H24N2O3. The second-order valence-electron chi connectivity index (χ2n) is 5.39. The number of hydrogen-bond donors (Lipinski definition) is 2. The molecule has 2 aromatic carbocycles. The number of methoxy groups -OCH3 is 1. The molecule has 2 N–H and O–H groups in total. The minimum atomic E-state index is -0.240. The molecule has 0 aliphatic rings. The number of hydrogen-bond acceptors (Lipinski definition) is 3. The average molecular weight is 328 g/mol. The van der Waals surface area contributed by atoms with Gasteiger partial charge in [0, 0.05) is 5.69 Å². The molecule has 0 aliphatic carbocycles. The van der Waals surface area contributed by atoms with E-state index in [1.807, 2.05) is 49.4 Å². The minimum absolute atomic E-state index is 0.240. The predicted octanol–water partition coefficient (Wildman–Crippen LogP) is 3.77. The van der Waals surface area contributed by atoms with Gasteiger partial charge < -0.3 is 20.1 Å². The first-order chi connectivity index (χ1) is 11.6. The molecule has 0 unspecified atom stereocenters. The fourth-order valence-electron chi connectivity index (χ4n) is 2.34. The van der Waals surface area contributed by atoms with Crippen LogP contribution in [0.15, 0.2) is 42.5 Å². The third-order valence-electron chi connectivity index (χ3n) is 3.61. The van der Waals surface area contributed by atoms with Crippen molar-refractivity contribution in [3.63, 3.8) is 0 Å². The number of carbonyl (C=O) groups is 1. The zero-order chi connectivity index (χ0) is 17.4. The van der Waals surface area contributed by atoms with Crippen LogP contribution in [-0.2, 0) is 6.42 Å². The van der Waals surface area contributed by atoms with Crippen LogP contribution in [0.3, 0.4) is 0 Å². The molecule has 0 bridgehead atoms. The zero-order valence-corrected chi connectivity index (χ0v) is 14.4. The van der Waals surface area contributed by atoms with Gasteiger partial charge in [-0.15, -0.1) is 0 Å². The van der Waals surface area contributed by atoms with E-state index in [0.717, 1.165) is 23.2 Å². The van der Waals surface area contributed by atoms with Gasteiger partial charge in [0.1, 0.15) is 6.61 Å². The zero-order valence-electron chi connectivity index (χ0n) is 14.4. The van der Waals surface area contributed by atoms with Crippen molar-refractivity contribution < 1.29 is 14.3 Å². The third kappa shape index (κ3) is 4.91. The Hall–Kier alpha value is -2.69. The van der Waals surface area contributed by atoms with Gasteiger partial charge in [0.2, 0.25) is 0 Å². The highest BCUT2D eigenvalue weighted by Gasteiger charge is 2.06. The van der Waals surface area contributed by atoms with Crippen LogP contribution in [0.2, 0.25) is 0 Å². The summed E-state index contributed by atoms with van der Waals surface area (Å²) in [4.78, 5) is 12.0. The van der Waals surface area contributed by atoms with E-state index in [1.165, 1.54) is 0 Å². The first kappa shape index (κ1) is 17.7. The summed E-state index contributed by atoms with van der Waals surface area (Å²) in [6, 6.07) is 13.3. The number of anilines is 1. The molecule has 0 aliphatic heterocycles. The number of ether oxygens (including phenoxy) is 2. The van der Waals surface area contributed by atoms with Gasteiger partial charge >= 0.3 is 6.03 Å². The van der Waals surface area contributed by atoms with E-state index in [1.54, 1.807) is 7.11 Å². The summed E-state index contributed by atoms with van der Waals surface area (Å²) >= 11 is 0.